The summed E-state index contributed by atoms with van der Waals surface area (Å²) in [6, 6.07) is 4.80. The van der Waals surface area contributed by atoms with E-state index in [0.717, 1.165) is 0 Å². The van der Waals surface area contributed by atoms with Crippen LogP contribution in [0.1, 0.15) is 20.8 Å². The van der Waals surface area contributed by atoms with Crippen molar-refractivity contribution in [1.29, 1.82) is 0 Å². The van der Waals surface area contributed by atoms with Crippen LogP contribution in [0, 0.1) is 5.41 Å². The lowest BCUT2D eigenvalue weighted by Gasteiger charge is -2.46. The van der Waals surface area contributed by atoms with Gasteiger partial charge in [0.25, 0.3) is 5.91 Å². The molecule has 1 fully saturated rings. The first-order valence-corrected chi connectivity index (χ1v) is 8.08. The zero-order valence-corrected chi connectivity index (χ0v) is 15.0. The summed E-state index contributed by atoms with van der Waals surface area (Å²) in [5, 5.41) is 22.3. The van der Waals surface area contributed by atoms with E-state index >= 15 is 0 Å². The van der Waals surface area contributed by atoms with Crippen LogP contribution in [0.2, 0.25) is 0 Å². The summed E-state index contributed by atoms with van der Waals surface area (Å²) in [4.78, 5) is 29.3. The van der Waals surface area contributed by atoms with Crippen LogP contribution in [0.15, 0.2) is 22.8 Å². The molecular formula is C15H19BrFN3O4. The third-order valence-electron chi connectivity index (χ3n) is 4.23. The van der Waals surface area contributed by atoms with Crippen molar-refractivity contribution in [2.75, 3.05) is 11.9 Å². The van der Waals surface area contributed by atoms with Crippen LogP contribution in [0.5, 0.6) is 0 Å². The molecule has 1 aromatic heterocycles. The molecule has 0 saturated carbocycles. The molecule has 3 N–H and O–H groups in total. The number of nitrogens with one attached hydrogen (secondary N) is 1. The quantitative estimate of drug-likeness (QED) is 0.657. The minimum absolute atomic E-state index is 0.165. The summed E-state index contributed by atoms with van der Waals surface area (Å²) in [5.41, 5.74) is -3.05. The van der Waals surface area contributed by atoms with E-state index in [1.165, 1.54) is 6.07 Å². The van der Waals surface area contributed by atoms with Gasteiger partial charge in [0.1, 0.15) is 22.7 Å². The summed E-state index contributed by atoms with van der Waals surface area (Å²) in [6.07, 6.45) is -5.12. The number of anilines is 1. The van der Waals surface area contributed by atoms with Gasteiger partial charge in [-0.15, -0.1) is 0 Å². The van der Waals surface area contributed by atoms with Crippen molar-refractivity contribution in [3.05, 3.63) is 22.8 Å². The summed E-state index contributed by atoms with van der Waals surface area (Å²) < 4.78 is 14.6. The lowest BCUT2D eigenvalue weighted by Crippen LogP contribution is -2.67. The number of amides is 2. The minimum atomic E-state index is -1.98. The van der Waals surface area contributed by atoms with Crippen LogP contribution < -0.4 is 5.32 Å². The first-order chi connectivity index (χ1) is 11.0. The van der Waals surface area contributed by atoms with Crippen molar-refractivity contribution in [1.82, 2.24) is 9.88 Å². The van der Waals surface area contributed by atoms with E-state index in [2.05, 4.69) is 26.2 Å². The first-order valence-electron chi connectivity index (χ1n) is 7.28. The molecule has 24 heavy (non-hydrogen) atoms. The van der Waals surface area contributed by atoms with Crippen LogP contribution in [-0.4, -0.2) is 56.5 Å². The molecule has 0 bridgehead atoms. The molecule has 3 atom stereocenters. The molecule has 2 rings (SSSR count). The Bertz CT molecular complexity index is 666. The van der Waals surface area contributed by atoms with Gasteiger partial charge >= 0.3 is 6.09 Å². The molecule has 1 saturated heterocycles. The van der Waals surface area contributed by atoms with Gasteiger partial charge in [-0.3, -0.25) is 9.69 Å². The van der Waals surface area contributed by atoms with Crippen molar-refractivity contribution < 1.29 is 24.2 Å². The lowest BCUT2D eigenvalue weighted by atomic mass is 9.69. The molecule has 132 valence electrons. The number of aliphatic hydroxyl groups excluding tert-OH is 1. The van der Waals surface area contributed by atoms with Crippen molar-refractivity contribution in [2.45, 2.75) is 38.6 Å². The van der Waals surface area contributed by atoms with Crippen molar-refractivity contribution >= 4 is 33.7 Å². The molecule has 1 aliphatic rings. The molecule has 0 radical (unpaired) electrons. The zero-order chi connectivity index (χ0) is 18.3. The Hall–Kier alpha value is -1.74. The Morgan fingerprint density at radius 2 is 2.08 bits per heavy atom. The maximum atomic E-state index is 14.2. The molecule has 1 aliphatic heterocycles. The Morgan fingerprint density at radius 3 is 2.58 bits per heavy atom. The van der Waals surface area contributed by atoms with E-state index in [1.807, 2.05) is 0 Å². The second-order valence-electron chi connectivity index (χ2n) is 6.67. The van der Waals surface area contributed by atoms with Gasteiger partial charge in [-0.2, -0.15) is 0 Å². The normalized spacial score (nSPS) is 27.2. The Balaban J connectivity index is 2.51. The number of aliphatic hydroxyl groups is 1. The van der Waals surface area contributed by atoms with Gasteiger partial charge in [0.15, 0.2) is 5.54 Å². The molecule has 0 aromatic carbocycles. The number of pyridine rings is 1. The summed E-state index contributed by atoms with van der Waals surface area (Å²) in [7, 11) is 0. The number of hydrogen-bond acceptors (Lipinski definition) is 4. The topological polar surface area (TPSA) is 103 Å². The predicted octanol–water partition coefficient (Wildman–Crippen LogP) is 2.26. The van der Waals surface area contributed by atoms with Gasteiger partial charge in [-0.25, -0.2) is 14.2 Å². The predicted molar refractivity (Wildman–Crippen MR) is 88.4 cm³/mol. The summed E-state index contributed by atoms with van der Waals surface area (Å²) in [6.45, 7) is 4.17. The molecule has 1 aromatic rings. The molecule has 7 nitrogen and oxygen atoms in total. The van der Waals surface area contributed by atoms with Crippen molar-refractivity contribution in [3.8, 4) is 0 Å². The second kappa shape index (κ2) is 6.29. The lowest BCUT2D eigenvalue weighted by molar-refractivity contribution is -0.140. The number of rotatable bonds is 2. The second-order valence-corrected chi connectivity index (χ2v) is 7.48. The van der Waals surface area contributed by atoms with E-state index in [4.69, 9.17) is 0 Å². The Labute approximate surface area is 147 Å². The van der Waals surface area contributed by atoms with E-state index < -0.39 is 41.8 Å². The van der Waals surface area contributed by atoms with Crippen LogP contribution >= 0.6 is 15.9 Å². The fourth-order valence-electron chi connectivity index (χ4n) is 3.20. The van der Waals surface area contributed by atoms with E-state index in [1.54, 1.807) is 32.9 Å². The first kappa shape index (κ1) is 18.6. The third kappa shape index (κ3) is 2.86. The molecule has 9 heteroatoms. The number of aromatic nitrogens is 1. The van der Waals surface area contributed by atoms with Gasteiger partial charge in [0, 0.05) is 0 Å². The van der Waals surface area contributed by atoms with E-state index in [0.29, 0.717) is 9.50 Å². The highest BCUT2D eigenvalue weighted by Gasteiger charge is 2.66. The molecule has 2 heterocycles. The smallest absolute Gasteiger partial charge is 0.408 e. The third-order valence-corrected chi connectivity index (χ3v) is 4.67. The van der Waals surface area contributed by atoms with Gasteiger partial charge in [-0.1, -0.05) is 26.8 Å². The van der Waals surface area contributed by atoms with Crippen LogP contribution in [-0.2, 0) is 4.79 Å². The van der Waals surface area contributed by atoms with Gasteiger partial charge < -0.3 is 15.5 Å². The molecular weight excluding hydrogens is 385 g/mol. The highest BCUT2D eigenvalue weighted by Crippen LogP contribution is 2.45. The molecule has 0 spiro atoms. The standard InChI is InChI=1S/C15H19BrFN3O4/c1-14(2,3)15(11(21)8(17)7-20(15)13(23)24)12(22)19-10-6-4-5-9(16)18-10/h4-6,8,11,21H,7H2,1-3H3,(H,23,24)(H,18,19,22)/t8-,11+,15-/m0/s1. The van der Waals surface area contributed by atoms with Crippen molar-refractivity contribution in [2.24, 2.45) is 5.41 Å². The fraction of sp³-hybridized carbons (Fsp3) is 0.533. The average Bonchev–Trinajstić information content (AvgIpc) is 2.72. The van der Waals surface area contributed by atoms with Crippen molar-refractivity contribution in [3.63, 3.8) is 0 Å². The average molecular weight is 404 g/mol. The monoisotopic (exact) mass is 403 g/mol. The fourth-order valence-corrected chi connectivity index (χ4v) is 3.55. The van der Waals surface area contributed by atoms with Crippen LogP contribution in [0.4, 0.5) is 15.0 Å². The number of alkyl halides is 1. The number of halogens is 2. The number of hydrogen-bond donors (Lipinski definition) is 3. The Morgan fingerprint density at radius 1 is 1.46 bits per heavy atom. The highest BCUT2D eigenvalue weighted by atomic mass is 79.9. The Kier molecular flexibility index (Phi) is 4.87. The van der Waals surface area contributed by atoms with E-state index in [9.17, 15) is 24.2 Å². The number of likely N-dealkylation sites (tertiary alicyclic amines) is 1. The maximum absolute atomic E-state index is 14.2. The van der Waals surface area contributed by atoms with Crippen LogP contribution in [0.25, 0.3) is 0 Å². The zero-order valence-electron chi connectivity index (χ0n) is 13.5. The van der Waals surface area contributed by atoms with Gasteiger partial charge in [-0.05, 0) is 33.5 Å². The largest absolute Gasteiger partial charge is 0.465 e. The minimum Gasteiger partial charge on any atom is -0.465 e. The molecule has 0 aliphatic carbocycles. The highest BCUT2D eigenvalue weighted by molar-refractivity contribution is 9.10. The van der Waals surface area contributed by atoms with Gasteiger partial charge in [0.05, 0.1) is 6.54 Å². The van der Waals surface area contributed by atoms with Crippen LogP contribution in [0.3, 0.4) is 0 Å². The number of nitrogens with zero attached hydrogens (tertiary/aromatic N) is 2. The summed E-state index contributed by atoms with van der Waals surface area (Å²) >= 11 is 3.17. The number of carboxylic acid groups (broad SMARTS) is 1. The maximum Gasteiger partial charge on any atom is 0.408 e. The molecule has 2 amide bonds. The number of carbonyl (C=O) groups excluding carboxylic acids is 1. The number of carbonyl (C=O) groups is 2. The molecule has 0 unspecified atom stereocenters. The SMILES string of the molecule is CC(C)(C)[C@@]1(C(=O)Nc2cccc(Br)n2)[C@H](O)[C@@H](F)CN1C(=O)O. The van der Waals surface area contributed by atoms with E-state index in [-0.39, 0.29) is 5.82 Å². The summed E-state index contributed by atoms with van der Waals surface area (Å²) in [5.74, 6) is -0.659. The van der Waals surface area contributed by atoms with Gasteiger partial charge in [0.2, 0.25) is 0 Å².